The van der Waals surface area contributed by atoms with Gasteiger partial charge in [-0.15, -0.1) is 4.83 Å². The molecule has 0 atom stereocenters. The number of hydrogen-bond donors (Lipinski definition) is 2. The second kappa shape index (κ2) is 10.3. The first-order valence-corrected chi connectivity index (χ1v) is 13.0. The van der Waals surface area contributed by atoms with Gasteiger partial charge < -0.3 is 0 Å². The van der Waals surface area contributed by atoms with E-state index in [9.17, 15) is 31.7 Å². The van der Waals surface area contributed by atoms with Crippen molar-refractivity contribution in [3.05, 3.63) is 99.6 Å². The molecule has 0 spiro atoms. The lowest BCUT2D eigenvalue weighted by molar-refractivity contribution is -0.384. The molecule has 0 saturated carbocycles. The summed E-state index contributed by atoms with van der Waals surface area (Å²) < 4.78 is 51.2. The first-order valence-electron chi connectivity index (χ1n) is 10.1. The van der Waals surface area contributed by atoms with Crippen molar-refractivity contribution >= 4 is 31.6 Å². The molecule has 0 radical (unpaired) electrons. The topological polar surface area (TPSA) is 156 Å². The summed E-state index contributed by atoms with van der Waals surface area (Å²) in [5, 5.41) is 10.7. The predicted molar refractivity (Wildman–Crippen MR) is 127 cm³/mol. The van der Waals surface area contributed by atoms with Gasteiger partial charge in [0.1, 0.15) is 0 Å². The number of non-ortho nitro benzene ring substituents is 1. The third kappa shape index (κ3) is 6.27. The molecule has 1 amide bonds. The molecule has 0 aliphatic carbocycles. The maximum absolute atomic E-state index is 12.7. The number of nitrogens with zero attached hydrogens (tertiary/aromatic N) is 2. The molecular weight excluding hydrogens is 496 g/mol. The molecule has 0 fully saturated rings. The Hall–Kier alpha value is -3.65. The third-order valence-electron chi connectivity index (χ3n) is 5.01. The van der Waals surface area contributed by atoms with E-state index in [1.807, 2.05) is 11.8 Å². The molecular formula is C22H22N4O7S2. The van der Waals surface area contributed by atoms with Gasteiger partial charge in [0.25, 0.3) is 21.6 Å². The van der Waals surface area contributed by atoms with E-state index in [4.69, 9.17) is 0 Å². The van der Waals surface area contributed by atoms with Crippen LogP contribution in [0.25, 0.3) is 0 Å². The molecule has 3 aromatic rings. The number of hydrazine groups is 1. The van der Waals surface area contributed by atoms with Crippen LogP contribution < -0.4 is 10.3 Å². The number of nitro benzene ring substituents is 1. The Labute approximate surface area is 202 Å². The molecule has 0 aromatic heterocycles. The SMILES string of the molecule is Cc1ccc(S(=O)(=O)N(C)Cc2ccc(C(=O)NNS(=O)(=O)c3ccc([N+](=O)[O-])cc3)cc2)cc1. The van der Waals surface area contributed by atoms with E-state index in [0.29, 0.717) is 5.56 Å². The number of hydrogen-bond acceptors (Lipinski definition) is 7. The van der Waals surface area contributed by atoms with Crippen molar-refractivity contribution in [2.24, 2.45) is 0 Å². The maximum Gasteiger partial charge on any atom is 0.269 e. The molecule has 35 heavy (non-hydrogen) atoms. The van der Waals surface area contributed by atoms with E-state index in [1.54, 1.807) is 24.3 Å². The molecule has 0 saturated heterocycles. The number of aryl methyl sites for hydroxylation is 1. The summed E-state index contributed by atoms with van der Waals surface area (Å²) >= 11 is 0. The van der Waals surface area contributed by atoms with Gasteiger partial charge in [-0.05, 0) is 48.9 Å². The van der Waals surface area contributed by atoms with Crippen molar-refractivity contribution in [3.8, 4) is 0 Å². The van der Waals surface area contributed by atoms with E-state index in [1.165, 1.54) is 35.6 Å². The lowest BCUT2D eigenvalue weighted by atomic mass is 10.1. The highest BCUT2D eigenvalue weighted by Crippen LogP contribution is 2.18. The minimum Gasteiger partial charge on any atom is -0.273 e. The molecule has 3 aromatic carbocycles. The van der Waals surface area contributed by atoms with Crippen LogP contribution in [0, 0.1) is 17.0 Å². The first-order chi connectivity index (χ1) is 16.4. The molecule has 0 aliphatic rings. The zero-order valence-corrected chi connectivity index (χ0v) is 20.3. The van der Waals surface area contributed by atoms with Crippen LogP contribution in [0.4, 0.5) is 5.69 Å². The van der Waals surface area contributed by atoms with Crippen molar-refractivity contribution in [2.45, 2.75) is 23.3 Å². The monoisotopic (exact) mass is 518 g/mol. The summed E-state index contributed by atoms with van der Waals surface area (Å²) in [7, 11) is -6.41. The number of benzene rings is 3. The number of carbonyl (C=O) groups excluding carboxylic acids is 1. The fourth-order valence-electron chi connectivity index (χ4n) is 2.99. The Morgan fingerprint density at radius 1 is 0.886 bits per heavy atom. The minimum atomic E-state index is -4.15. The van der Waals surface area contributed by atoms with Gasteiger partial charge in [0.2, 0.25) is 10.0 Å². The van der Waals surface area contributed by atoms with Gasteiger partial charge >= 0.3 is 0 Å². The minimum absolute atomic E-state index is 0.0604. The molecule has 0 aliphatic heterocycles. The van der Waals surface area contributed by atoms with Crippen LogP contribution in [-0.2, 0) is 26.6 Å². The van der Waals surface area contributed by atoms with Gasteiger partial charge in [-0.3, -0.25) is 20.3 Å². The van der Waals surface area contributed by atoms with Gasteiger partial charge in [-0.25, -0.2) is 16.8 Å². The molecule has 13 heteroatoms. The number of carbonyl (C=O) groups is 1. The molecule has 2 N–H and O–H groups in total. The standard InChI is InChI=1S/C22H22N4O7S2/c1-16-3-11-21(12-4-16)35(32,33)25(2)15-17-5-7-18(8-6-17)22(27)23-24-34(30,31)20-13-9-19(10-14-20)26(28)29/h3-14,24H,15H2,1-2H3,(H,23,27). The van der Waals surface area contributed by atoms with Crippen molar-refractivity contribution in [1.82, 2.24) is 14.6 Å². The van der Waals surface area contributed by atoms with E-state index in [-0.39, 0.29) is 27.6 Å². The highest BCUT2D eigenvalue weighted by atomic mass is 32.2. The number of nitrogens with one attached hydrogen (secondary N) is 2. The third-order valence-corrected chi connectivity index (χ3v) is 8.09. The van der Waals surface area contributed by atoms with Gasteiger partial charge in [-0.1, -0.05) is 29.8 Å². The Bertz CT molecular complexity index is 1440. The predicted octanol–water partition coefficient (Wildman–Crippen LogP) is 2.35. The smallest absolute Gasteiger partial charge is 0.269 e. The molecule has 0 bridgehead atoms. The normalized spacial score (nSPS) is 11.9. The van der Waals surface area contributed by atoms with Crippen LogP contribution in [0.1, 0.15) is 21.5 Å². The molecule has 184 valence electrons. The van der Waals surface area contributed by atoms with Crippen LogP contribution in [-0.4, -0.2) is 39.0 Å². The van der Waals surface area contributed by atoms with E-state index < -0.39 is 30.9 Å². The first kappa shape index (κ1) is 26.0. The summed E-state index contributed by atoms with van der Waals surface area (Å²) in [5.74, 6) is -0.748. The fourth-order valence-corrected chi connectivity index (χ4v) is 4.98. The lowest BCUT2D eigenvalue weighted by Crippen LogP contribution is -2.41. The number of sulfonamides is 2. The van der Waals surface area contributed by atoms with Gasteiger partial charge in [-0.2, -0.15) is 4.31 Å². The number of nitro groups is 1. The van der Waals surface area contributed by atoms with Crippen LogP contribution in [0.2, 0.25) is 0 Å². The Morgan fingerprint density at radius 2 is 1.43 bits per heavy atom. The summed E-state index contributed by atoms with van der Waals surface area (Å²) in [6.07, 6.45) is 0. The van der Waals surface area contributed by atoms with Gasteiger partial charge in [0.15, 0.2) is 0 Å². The van der Waals surface area contributed by atoms with Crippen LogP contribution in [0.3, 0.4) is 0 Å². The fraction of sp³-hybridized carbons (Fsp3) is 0.136. The molecule has 0 heterocycles. The summed E-state index contributed by atoms with van der Waals surface area (Å²) in [6, 6.07) is 16.6. The van der Waals surface area contributed by atoms with Gasteiger partial charge in [0, 0.05) is 31.3 Å². The Kier molecular flexibility index (Phi) is 7.65. The summed E-state index contributed by atoms with van der Waals surface area (Å²) in [5.41, 5.74) is 3.48. The maximum atomic E-state index is 12.7. The number of amides is 1. The Balaban J connectivity index is 1.62. The van der Waals surface area contributed by atoms with Crippen molar-refractivity contribution < 1.29 is 26.6 Å². The summed E-state index contributed by atoms with van der Waals surface area (Å²) in [6.45, 7) is 1.92. The molecule has 3 rings (SSSR count). The van der Waals surface area contributed by atoms with E-state index in [2.05, 4.69) is 5.43 Å². The van der Waals surface area contributed by atoms with Gasteiger partial charge in [0.05, 0.1) is 14.7 Å². The second-order valence-electron chi connectivity index (χ2n) is 7.58. The highest BCUT2D eigenvalue weighted by Gasteiger charge is 2.21. The Morgan fingerprint density at radius 3 is 1.97 bits per heavy atom. The average molecular weight is 519 g/mol. The number of rotatable bonds is 9. The van der Waals surface area contributed by atoms with E-state index >= 15 is 0 Å². The zero-order valence-electron chi connectivity index (χ0n) is 18.7. The van der Waals surface area contributed by atoms with Crippen LogP contribution >= 0.6 is 0 Å². The van der Waals surface area contributed by atoms with Crippen molar-refractivity contribution in [3.63, 3.8) is 0 Å². The lowest BCUT2D eigenvalue weighted by Gasteiger charge is -2.17. The second-order valence-corrected chi connectivity index (χ2v) is 11.3. The average Bonchev–Trinajstić information content (AvgIpc) is 2.83. The zero-order chi connectivity index (χ0) is 25.8. The van der Waals surface area contributed by atoms with Crippen LogP contribution in [0.15, 0.2) is 82.6 Å². The quantitative estimate of drug-likeness (QED) is 0.325. The van der Waals surface area contributed by atoms with Crippen LogP contribution in [0.5, 0.6) is 0 Å². The highest BCUT2D eigenvalue weighted by molar-refractivity contribution is 7.89. The van der Waals surface area contributed by atoms with E-state index in [0.717, 1.165) is 29.8 Å². The van der Waals surface area contributed by atoms with Crippen molar-refractivity contribution in [2.75, 3.05) is 7.05 Å². The molecule has 0 unspecified atom stereocenters. The largest absolute Gasteiger partial charge is 0.273 e. The summed E-state index contributed by atoms with van der Waals surface area (Å²) in [4.78, 5) is 24.2. The molecule has 11 nitrogen and oxygen atoms in total. The van der Waals surface area contributed by atoms with Crippen molar-refractivity contribution in [1.29, 1.82) is 0 Å².